The van der Waals surface area contributed by atoms with E-state index in [0.717, 1.165) is 11.4 Å². The van der Waals surface area contributed by atoms with Crippen LogP contribution in [-0.2, 0) is 20.8 Å². The number of hydrogen-bond acceptors (Lipinski definition) is 4. The number of nitrogens with one attached hydrogen (secondary N) is 1. The molecule has 6 heteroatoms. The minimum absolute atomic E-state index is 0.115. The number of aromatic nitrogens is 2. The molecule has 0 aliphatic carbocycles. The number of aryl methyl sites for hydroxylation is 2. The van der Waals surface area contributed by atoms with Crippen LogP contribution in [0.2, 0.25) is 0 Å². The number of ether oxygens (including phenoxy) is 2. The SMILES string of the molecule is Cc1cc(C)n(CCNC(=O)[C@@H]2COCCO2)n1. The summed E-state index contributed by atoms with van der Waals surface area (Å²) in [6, 6.07) is 2.01. The molecule has 1 atom stereocenters. The summed E-state index contributed by atoms with van der Waals surface area (Å²) < 4.78 is 12.4. The van der Waals surface area contributed by atoms with Crippen LogP contribution < -0.4 is 5.32 Å². The van der Waals surface area contributed by atoms with Crippen LogP contribution in [0, 0.1) is 13.8 Å². The molecule has 0 spiro atoms. The Morgan fingerprint density at radius 3 is 3.00 bits per heavy atom. The topological polar surface area (TPSA) is 65.4 Å². The molecule has 0 unspecified atom stereocenters. The van der Waals surface area contributed by atoms with Crippen molar-refractivity contribution in [3.05, 3.63) is 17.5 Å². The Morgan fingerprint density at radius 2 is 2.39 bits per heavy atom. The number of carbonyl (C=O) groups is 1. The first-order valence-electron chi connectivity index (χ1n) is 6.15. The molecule has 2 rings (SSSR count). The van der Waals surface area contributed by atoms with E-state index in [0.29, 0.717) is 32.9 Å². The Kier molecular flexibility index (Phi) is 4.33. The first kappa shape index (κ1) is 13.0. The van der Waals surface area contributed by atoms with Gasteiger partial charge in [0.1, 0.15) is 0 Å². The van der Waals surface area contributed by atoms with Gasteiger partial charge in [0.05, 0.1) is 32.1 Å². The van der Waals surface area contributed by atoms with Crippen molar-refractivity contribution in [1.82, 2.24) is 15.1 Å². The second-order valence-electron chi connectivity index (χ2n) is 4.38. The molecule has 6 nitrogen and oxygen atoms in total. The fraction of sp³-hybridized carbons (Fsp3) is 0.667. The highest BCUT2D eigenvalue weighted by molar-refractivity contribution is 5.80. The van der Waals surface area contributed by atoms with Crippen LogP contribution in [0.15, 0.2) is 6.07 Å². The minimum atomic E-state index is -0.473. The summed E-state index contributed by atoms with van der Waals surface area (Å²) >= 11 is 0. The van der Waals surface area contributed by atoms with Crippen molar-refractivity contribution in [3.63, 3.8) is 0 Å². The molecule has 1 fully saturated rings. The van der Waals surface area contributed by atoms with Crippen molar-refractivity contribution in [2.75, 3.05) is 26.4 Å². The summed E-state index contributed by atoms with van der Waals surface area (Å²) in [4.78, 5) is 11.7. The second kappa shape index (κ2) is 5.97. The van der Waals surface area contributed by atoms with Gasteiger partial charge in [-0.05, 0) is 19.9 Å². The van der Waals surface area contributed by atoms with E-state index in [-0.39, 0.29) is 5.91 Å². The smallest absolute Gasteiger partial charge is 0.251 e. The average molecular weight is 253 g/mol. The van der Waals surface area contributed by atoms with Crippen LogP contribution >= 0.6 is 0 Å². The van der Waals surface area contributed by atoms with Gasteiger partial charge in [-0.3, -0.25) is 9.48 Å². The lowest BCUT2D eigenvalue weighted by molar-refractivity contribution is -0.147. The van der Waals surface area contributed by atoms with Gasteiger partial charge in [-0.1, -0.05) is 0 Å². The highest BCUT2D eigenvalue weighted by Gasteiger charge is 2.21. The lowest BCUT2D eigenvalue weighted by Gasteiger charge is -2.22. The van der Waals surface area contributed by atoms with E-state index in [2.05, 4.69) is 10.4 Å². The number of carbonyl (C=O) groups excluding carboxylic acids is 1. The molecule has 18 heavy (non-hydrogen) atoms. The average Bonchev–Trinajstić information content (AvgIpc) is 2.69. The lowest BCUT2D eigenvalue weighted by Crippen LogP contribution is -2.43. The second-order valence-corrected chi connectivity index (χ2v) is 4.38. The molecule has 1 aromatic heterocycles. The van der Waals surface area contributed by atoms with Crippen LogP contribution in [0.1, 0.15) is 11.4 Å². The van der Waals surface area contributed by atoms with Crippen molar-refractivity contribution in [2.45, 2.75) is 26.5 Å². The van der Waals surface area contributed by atoms with E-state index in [4.69, 9.17) is 9.47 Å². The number of rotatable bonds is 4. The zero-order chi connectivity index (χ0) is 13.0. The lowest BCUT2D eigenvalue weighted by atomic mass is 10.3. The molecule has 1 aliphatic heterocycles. The van der Waals surface area contributed by atoms with Crippen LogP contribution in [-0.4, -0.2) is 48.2 Å². The van der Waals surface area contributed by atoms with E-state index >= 15 is 0 Å². The summed E-state index contributed by atoms with van der Waals surface area (Å²) in [6.45, 7) is 6.55. The van der Waals surface area contributed by atoms with Crippen LogP contribution in [0.5, 0.6) is 0 Å². The maximum Gasteiger partial charge on any atom is 0.251 e. The highest BCUT2D eigenvalue weighted by atomic mass is 16.6. The summed E-state index contributed by atoms with van der Waals surface area (Å²) in [6.07, 6.45) is -0.473. The summed E-state index contributed by atoms with van der Waals surface area (Å²) in [7, 11) is 0. The summed E-state index contributed by atoms with van der Waals surface area (Å²) in [5.74, 6) is -0.115. The van der Waals surface area contributed by atoms with Gasteiger partial charge in [-0.15, -0.1) is 0 Å². The van der Waals surface area contributed by atoms with Gasteiger partial charge < -0.3 is 14.8 Å². The van der Waals surface area contributed by atoms with Gasteiger partial charge in [0, 0.05) is 12.2 Å². The Labute approximate surface area is 106 Å². The van der Waals surface area contributed by atoms with Gasteiger partial charge in [0.15, 0.2) is 6.10 Å². The van der Waals surface area contributed by atoms with E-state index in [1.807, 2.05) is 24.6 Å². The predicted molar refractivity (Wildman–Crippen MR) is 65.3 cm³/mol. The van der Waals surface area contributed by atoms with Gasteiger partial charge in [0.25, 0.3) is 5.91 Å². The largest absolute Gasteiger partial charge is 0.376 e. The molecular weight excluding hydrogens is 234 g/mol. The fourth-order valence-electron chi connectivity index (χ4n) is 1.94. The Bertz CT molecular complexity index is 411. The van der Waals surface area contributed by atoms with E-state index in [1.54, 1.807) is 0 Å². The van der Waals surface area contributed by atoms with Crippen molar-refractivity contribution in [1.29, 1.82) is 0 Å². The molecule has 0 aromatic carbocycles. The van der Waals surface area contributed by atoms with Crippen molar-refractivity contribution in [2.24, 2.45) is 0 Å². The molecular formula is C12H19N3O3. The standard InChI is InChI=1S/C12H19N3O3/c1-9-7-10(2)15(14-9)4-3-13-12(16)11-8-17-5-6-18-11/h7,11H,3-6,8H2,1-2H3,(H,13,16)/t11-/m0/s1. The number of amides is 1. The quantitative estimate of drug-likeness (QED) is 0.822. The molecule has 1 aromatic rings. The van der Waals surface area contributed by atoms with Crippen molar-refractivity contribution >= 4 is 5.91 Å². The molecule has 0 bridgehead atoms. The highest BCUT2D eigenvalue weighted by Crippen LogP contribution is 2.02. The molecule has 2 heterocycles. The third-order valence-electron chi connectivity index (χ3n) is 2.83. The van der Waals surface area contributed by atoms with Crippen molar-refractivity contribution in [3.8, 4) is 0 Å². The molecule has 0 saturated carbocycles. The summed E-state index contributed by atoms with van der Waals surface area (Å²) in [5.41, 5.74) is 2.09. The van der Waals surface area contributed by atoms with Gasteiger partial charge in [-0.2, -0.15) is 5.10 Å². The van der Waals surface area contributed by atoms with E-state index in [9.17, 15) is 4.79 Å². The minimum Gasteiger partial charge on any atom is -0.376 e. The third kappa shape index (κ3) is 3.30. The molecule has 0 radical (unpaired) electrons. The number of nitrogens with zero attached hydrogens (tertiary/aromatic N) is 2. The molecule has 1 saturated heterocycles. The van der Waals surface area contributed by atoms with Crippen LogP contribution in [0.25, 0.3) is 0 Å². The molecule has 1 amide bonds. The Morgan fingerprint density at radius 1 is 1.56 bits per heavy atom. The van der Waals surface area contributed by atoms with Gasteiger partial charge in [-0.25, -0.2) is 0 Å². The Hall–Kier alpha value is -1.40. The van der Waals surface area contributed by atoms with E-state index in [1.165, 1.54) is 0 Å². The fourth-order valence-corrected chi connectivity index (χ4v) is 1.94. The first-order chi connectivity index (χ1) is 8.66. The molecule has 1 aliphatic rings. The van der Waals surface area contributed by atoms with Crippen molar-refractivity contribution < 1.29 is 14.3 Å². The number of hydrogen-bond donors (Lipinski definition) is 1. The monoisotopic (exact) mass is 253 g/mol. The van der Waals surface area contributed by atoms with Gasteiger partial charge >= 0.3 is 0 Å². The zero-order valence-corrected chi connectivity index (χ0v) is 10.8. The zero-order valence-electron chi connectivity index (χ0n) is 10.8. The predicted octanol–water partition coefficient (Wildman–Crippen LogP) is 0.0315. The van der Waals surface area contributed by atoms with E-state index < -0.39 is 6.10 Å². The molecule has 100 valence electrons. The maximum atomic E-state index is 11.7. The third-order valence-corrected chi connectivity index (χ3v) is 2.83. The summed E-state index contributed by atoms with van der Waals surface area (Å²) in [5, 5.41) is 7.16. The van der Waals surface area contributed by atoms with Crippen LogP contribution in [0.3, 0.4) is 0 Å². The first-order valence-corrected chi connectivity index (χ1v) is 6.15. The van der Waals surface area contributed by atoms with Gasteiger partial charge in [0.2, 0.25) is 0 Å². The molecule has 1 N–H and O–H groups in total. The normalized spacial score (nSPS) is 19.8. The Balaban J connectivity index is 1.74. The maximum absolute atomic E-state index is 11.7. The van der Waals surface area contributed by atoms with Crippen LogP contribution in [0.4, 0.5) is 0 Å².